The fourth-order valence-corrected chi connectivity index (χ4v) is 2.04. The lowest BCUT2D eigenvalue weighted by Gasteiger charge is -2.21. The molecule has 0 N–H and O–H groups in total. The van der Waals surface area contributed by atoms with Gasteiger partial charge in [0.05, 0.1) is 25.0 Å². The zero-order valence-electron chi connectivity index (χ0n) is 12.5. The van der Waals surface area contributed by atoms with E-state index in [9.17, 15) is 9.59 Å². The van der Waals surface area contributed by atoms with E-state index in [-0.39, 0.29) is 12.6 Å². The van der Waals surface area contributed by atoms with Gasteiger partial charge >= 0.3 is 11.9 Å². The molecule has 4 nitrogen and oxygen atoms in total. The van der Waals surface area contributed by atoms with E-state index >= 15 is 0 Å². The number of hydrogen-bond donors (Lipinski definition) is 0. The minimum atomic E-state index is -0.630. The second kappa shape index (κ2) is 7.68. The van der Waals surface area contributed by atoms with Gasteiger partial charge in [-0.15, -0.1) is 0 Å². The average molecular weight is 278 g/mol. The number of hydrogen-bond acceptors (Lipinski definition) is 4. The Hall–Kier alpha value is -1.84. The highest BCUT2D eigenvalue weighted by atomic mass is 16.5. The lowest BCUT2D eigenvalue weighted by molar-refractivity contribution is -0.156. The minimum absolute atomic E-state index is 0.288. The highest BCUT2D eigenvalue weighted by Gasteiger charge is 2.33. The first-order valence-corrected chi connectivity index (χ1v) is 6.91. The van der Waals surface area contributed by atoms with E-state index in [0.717, 1.165) is 11.1 Å². The van der Waals surface area contributed by atoms with Gasteiger partial charge in [0, 0.05) is 0 Å². The zero-order valence-corrected chi connectivity index (χ0v) is 12.5. The molecule has 0 bridgehead atoms. The Bertz CT molecular complexity index is 450. The summed E-state index contributed by atoms with van der Waals surface area (Å²) in [6.45, 7) is 7.75. The molecule has 2 atom stereocenters. The van der Waals surface area contributed by atoms with Crippen LogP contribution in [0.5, 0.6) is 0 Å². The smallest absolute Gasteiger partial charge is 0.314 e. The summed E-state index contributed by atoms with van der Waals surface area (Å²) < 4.78 is 10.1. The van der Waals surface area contributed by atoms with Gasteiger partial charge in [0.15, 0.2) is 0 Å². The minimum Gasteiger partial charge on any atom is -0.466 e. The summed E-state index contributed by atoms with van der Waals surface area (Å²) in [5.74, 6) is -1.98. The third-order valence-electron chi connectivity index (χ3n) is 3.14. The molecule has 0 fully saturated rings. The van der Waals surface area contributed by atoms with Gasteiger partial charge in [0.25, 0.3) is 0 Å². The van der Waals surface area contributed by atoms with Gasteiger partial charge in [-0.3, -0.25) is 9.59 Å². The standard InChI is InChI=1S/C16H22O4/c1-5-19-15(17)12(4)14(16(18)20-6-2)13-9-7-11(3)8-10-13/h7-10,12,14H,5-6H2,1-4H3. The van der Waals surface area contributed by atoms with Gasteiger partial charge in [0.2, 0.25) is 0 Å². The van der Waals surface area contributed by atoms with E-state index in [1.807, 2.05) is 31.2 Å². The van der Waals surface area contributed by atoms with Crippen LogP contribution in [0, 0.1) is 12.8 Å². The third-order valence-corrected chi connectivity index (χ3v) is 3.14. The van der Waals surface area contributed by atoms with Gasteiger partial charge in [-0.25, -0.2) is 0 Å². The van der Waals surface area contributed by atoms with Gasteiger partial charge in [-0.1, -0.05) is 36.8 Å². The van der Waals surface area contributed by atoms with Crippen molar-refractivity contribution >= 4 is 11.9 Å². The first kappa shape index (κ1) is 16.2. The number of esters is 2. The lowest BCUT2D eigenvalue weighted by Crippen LogP contribution is -2.29. The average Bonchev–Trinajstić information content (AvgIpc) is 2.41. The highest BCUT2D eigenvalue weighted by Crippen LogP contribution is 2.27. The quantitative estimate of drug-likeness (QED) is 0.751. The zero-order chi connectivity index (χ0) is 15.1. The van der Waals surface area contributed by atoms with Crippen LogP contribution >= 0.6 is 0 Å². The number of aryl methyl sites for hydroxylation is 1. The molecule has 0 spiro atoms. The molecule has 0 aromatic heterocycles. The van der Waals surface area contributed by atoms with Gasteiger partial charge < -0.3 is 9.47 Å². The van der Waals surface area contributed by atoms with E-state index < -0.39 is 17.8 Å². The van der Waals surface area contributed by atoms with Gasteiger partial charge in [-0.2, -0.15) is 0 Å². The van der Waals surface area contributed by atoms with Crippen LogP contribution in [0.2, 0.25) is 0 Å². The first-order valence-electron chi connectivity index (χ1n) is 6.91. The number of benzene rings is 1. The number of ether oxygens (including phenoxy) is 2. The molecule has 0 aliphatic heterocycles. The summed E-state index contributed by atoms with van der Waals surface area (Å²) in [7, 11) is 0. The van der Waals surface area contributed by atoms with Crippen LogP contribution in [0.25, 0.3) is 0 Å². The molecule has 0 aliphatic rings. The SMILES string of the molecule is CCOC(=O)C(C)C(C(=O)OCC)c1ccc(C)cc1. The molecule has 0 amide bonds. The summed E-state index contributed by atoms with van der Waals surface area (Å²) in [5, 5.41) is 0. The van der Waals surface area contributed by atoms with Gasteiger partial charge in [0.1, 0.15) is 0 Å². The maximum Gasteiger partial charge on any atom is 0.314 e. The van der Waals surface area contributed by atoms with E-state index in [1.54, 1.807) is 20.8 Å². The predicted octanol–water partition coefficient (Wildman–Crippen LogP) is 2.84. The molecule has 0 saturated carbocycles. The van der Waals surface area contributed by atoms with E-state index in [4.69, 9.17) is 9.47 Å². The molecule has 0 aliphatic carbocycles. The Balaban J connectivity index is 3.04. The maximum atomic E-state index is 12.1. The topological polar surface area (TPSA) is 52.6 Å². The largest absolute Gasteiger partial charge is 0.466 e. The summed E-state index contributed by atoms with van der Waals surface area (Å²) in [5.41, 5.74) is 1.87. The second-order valence-electron chi connectivity index (χ2n) is 4.68. The molecular formula is C16H22O4. The number of rotatable bonds is 6. The molecule has 1 rings (SSSR count). The molecule has 0 saturated heterocycles. The van der Waals surface area contributed by atoms with Crippen LogP contribution in [-0.2, 0) is 19.1 Å². The van der Waals surface area contributed by atoms with Crippen molar-refractivity contribution in [1.29, 1.82) is 0 Å². The fourth-order valence-electron chi connectivity index (χ4n) is 2.04. The molecule has 110 valence electrons. The van der Waals surface area contributed by atoms with Crippen LogP contribution in [0.1, 0.15) is 37.8 Å². The summed E-state index contributed by atoms with van der Waals surface area (Å²) in [6, 6.07) is 7.54. The normalized spacial score (nSPS) is 13.4. The van der Waals surface area contributed by atoms with Crippen LogP contribution in [0.4, 0.5) is 0 Å². The van der Waals surface area contributed by atoms with Crippen molar-refractivity contribution < 1.29 is 19.1 Å². The summed E-state index contributed by atoms with van der Waals surface area (Å²) >= 11 is 0. The summed E-state index contributed by atoms with van der Waals surface area (Å²) in [4.78, 5) is 24.1. The molecular weight excluding hydrogens is 256 g/mol. The van der Waals surface area contributed by atoms with Crippen molar-refractivity contribution in [1.82, 2.24) is 0 Å². The van der Waals surface area contributed by atoms with Crippen LogP contribution in [0.3, 0.4) is 0 Å². The van der Waals surface area contributed by atoms with Crippen molar-refractivity contribution in [2.75, 3.05) is 13.2 Å². The van der Waals surface area contributed by atoms with Crippen molar-refractivity contribution in [3.63, 3.8) is 0 Å². The molecule has 1 aromatic rings. The Labute approximate surface area is 120 Å². The van der Waals surface area contributed by atoms with Crippen LogP contribution in [-0.4, -0.2) is 25.2 Å². The third kappa shape index (κ3) is 4.08. The predicted molar refractivity (Wildman–Crippen MR) is 76.4 cm³/mol. The number of carbonyl (C=O) groups is 2. The van der Waals surface area contributed by atoms with Crippen molar-refractivity contribution in [2.24, 2.45) is 5.92 Å². The molecule has 0 radical (unpaired) electrons. The van der Waals surface area contributed by atoms with Crippen LogP contribution in [0.15, 0.2) is 24.3 Å². The van der Waals surface area contributed by atoms with E-state index in [0.29, 0.717) is 6.61 Å². The monoisotopic (exact) mass is 278 g/mol. The Morgan fingerprint density at radius 3 is 2.00 bits per heavy atom. The maximum absolute atomic E-state index is 12.1. The number of carbonyl (C=O) groups excluding carboxylic acids is 2. The Morgan fingerprint density at radius 1 is 1.00 bits per heavy atom. The van der Waals surface area contributed by atoms with E-state index in [2.05, 4.69) is 0 Å². The van der Waals surface area contributed by atoms with Crippen molar-refractivity contribution in [3.05, 3.63) is 35.4 Å². The lowest BCUT2D eigenvalue weighted by atomic mass is 9.87. The van der Waals surface area contributed by atoms with Crippen molar-refractivity contribution in [2.45, 2.75) is 33.6 Å². The molecule has 4 heteroatoms. The highest BCUT2D eigenvalue weighted by molar-refractivity contribution is 5.86. The molecule has 20 heavy (non-hydrogen) atoms. The van der Waals surface area contributed by atoms with Crippen molar-refractivity contribution in [3.8, 4) is 0 Å². The fraction of sp³-hybridized carbons (Fsp3) is 0.500. The second-order valence-corrected chi connectivity index (χ2v) is 4.68. The van der Waals surface area contributed by atoms with Crippen LogP contribution < -0.4 is 0 Å². The molecule has 0 heterocycles. The summed E-state index contributed by atoms with van der Waals surface area (Å²) in [6.07, 6.45) is 0. The molecule has 1 aromatic carbocycles. The van der Waals surface area contributed by atoms with Gasteiger partial charge in [-0.05, 0) is 26.3 Å². The Kier molecular flexibility index (Phi) is 6.22. The van der Waals surface area contributed by atoms with E-state index in [1.165, 1.54) is 0 Å². The Morgan fingerprint density at radius 2 is 1.50 bits per heavy atom. The first-order chi connectivity index (χ1) is 9.51. The molecule has 2 unspecified atom stereocenters.